The van der Waals surface area contributed by atoms with Gasteiger partial charge in [0.25, 0.3) is 0 Å². The van der Waals surface area contributed by atoms with Crippen molar-refractivity contribution >= 4 is 5.78 Å². The molecule has 1 unspecified atom stereocenters. The van der Waals surface area contributed by atoms with Gasteiger partial charge in [-0.25, -0.2) is 0 Å². The van der Waals surface area contributed by atoms with Gasteiger partial charge in [-0.05, 0) is 31.7 Å². The molecule has 1 rings (SSSR count). The van der Waals surface area contributed by atoms with Crippen molar-refractivity contribution in [2.75, 3.05) is 28.4 Å². The van der Waals surface area contributed by atoms with Crippen LogP contribution in [0.15, 0.2) is 12.1 Å². The van der Waals surface area contributed by atoms with Gasteiger partial charge >= 0.3 is 0 Å². The van der Waals surface area contributed by atoms with E-state index >= 15 is 0 Å². The summed E-state index contributed by atoms with van der Waals surface area (Å²) < 4.78 is 15.7. The summed E-state index contributed by atoms with van der Waals surface area (Å²) in [5.41, 5.74) is 0.777. The second-order valence-electron chi connectivity index (χ2n) is 3.79. The van der Waals surface area contributed by atoms with Crippen LogP contribution in [-0.2, 0) is 4.79 Å². The number of rotatable bonds is 6. The molecule has 0 radical (unpaired) electrons. The van der Waals surface area contributed by atoms with Gasteiger partial charge in [0, 0.05) is 0 Å². The zero-order valence-corrected chi connectivity index (χ0v) is 11.4. The molecule has 0 spiro atoms. The lowest BCUT2D eigenvalue weighted by molar-refractivity contribution is -0.119. The topological polar surface area (TPSA) is 56.8 Å². The van der Waals surface area contributed by atoms with E-state index in [9.17, 15) is 4.79 Å². The Labute approximate surface area is 107 Å². The molecule has 0 aliphatic carbocycles. The lowest BCUT2D eigenvalue weighted by atomic mass is 10.0. The minimum atomic E-state index is -0.390. The first-order valence-corrected chi connectivity index (χ1v) is 5.56. The third-order valence-electron chi connectivity index (χ3n) is 2.72. The summed E-state index contributed by atoms with van der Waals surface area (Å²) >= 11 is 0. The fraction of sp³-hybridized carbons (Fsp3) is 0.462. The highest BCUT2D eigenvalue weighted by atomic mass is 16.5. The molecule has 0 amide bonds. The largest absolute Gasteiger partial charge is 0.493 e. The first-order chi connectivity index (χ1) is 8.58. The van der Waals surface area contributed by atoms with Crippen LogP contribution in [0, 0.1) is 0 Å². The lowest BCUT2D eigenvalue weighted by Gasteiger charge is -2.18. The van der Waals surface area contributed by atoms with Crippen LogP contribution in [0.25, 0.3) is 0 Å². The highest BCUT2D eigenvalue weighted by molar-refractivity contribution is 5.83. The van der Waals surface area contributed by atoms with Crippen LogP contribution in [0.1, 0.15) is 18.5 Å². The molecule has 0 aliphatic heterocycles. The molecule has 0 fully saturated rings. The van der Waals surface area contributed by atoms with Gasteiger partial charge in [-0.3, -0.25) is 4.79 Å². The Morgan fingerprint density at radius 1 is 1.11 bits per heavy atom. The van der Waals surface area contributed by atoms with Crippen LogP contribution in [0.4, 0.5) is 0 Å². The molecule has 0 saturated heterocycles. The van der Waals surface area contributed by atoms with Crippen molar-refractivity contribution in [1.82, 2.24) is 5.32 Å². The number of ether oxygens (including phenoxy) is 3. The van der Waals surface area contributed by atoms with Gasteiger partial charge in [0.05, 0.1) is 27.4 Å². The van der Waals surface area contributed by atoms with Crippen LogP contribution in [0.3, 0.4) is 0 Å². The molecule has 1 aromatic carbocycles. The number of nitrogens with one attached hydrogen (secondary N) is 1. The monoisotopic (exact) mass is 253 g/mol. The van der Waals surface area contributed by atoms with Crippen LogP contribution in [0.2, 0.25) is 0 Å². The SMILES string of the molecule is CNC(C(C)=O)c1cc(OC)c(OC)c(OC)c1. The van der Waals surface area contributed by atoms with Crippen molar-refractivity contribution in [2.24, 2.45) is 0 Å². The number of methoxy groups -OCH3 is 3. The molecule has 1 N–H and O–H groups in total. The Bertz CT molecular complexity index is 406. The van der Waals surface area contributed by atoms with E-state index in [4.69, 9.17) is 14.2 Å². The average molecular weight is 253 g/mol. The Hall–Kier alpha value is -1.75. The molecule has 100 valence electrons. The zero-order valence-electron chi connectivity index (χ0n) is 11.4. The van der Waals surface area contributed by atoms with Crippen molar-refractivity contribution in [3.63, 3.8) is 0 Å². The van der Waals surface area contributed by atoms with Gasteiger partial charge < -0.3 is 19.5 Å². The van der Waals surface area contributed by atoms with E-state index in [-0.39, 0.29) is 5.78 Å². The van der Waals surface area contributed by atoms with E-state index in [1.165, 1.54) is 6.92 Å². The Kier molecular flexibility index (Phi) is 4.97. The average Bonchev–Trinajstić information content (AvgIpc) is 2.37. The molecule has 5 heteroatoms. The molecular weight excluding hydrogens is 234 g/mol. The smallest absolute Gasteiger partial charge is 0.203 e. The van der Waals surface area contributed by atoms with Crippen LogP contribution < -0.4 is 19.5 Å². The van der Waals surface area contributed by atoms with Gasteiger partial charge in [0.1, 0.15) is 0 Å². The van der Waals surface area contributed by atoms with E-state index in [2.05, 4.69) is 5.32 Å². The van der Waals surface area contributed by atoms with Crippen molar-refractivity contribution in [1.29, 1.82) is 0 Å². The van der Waals surface area contributed by atoms with Crippen molar-refractivity contribution in [3.8, 4) is 17.2 Å². The van der Waals surface area contributed by atoms with Gasteiger partial charge in [0.15, 0.2) is 17.3 Å². The van der Waals surface area contributed by atoms with E-state index in [1.54, 1.807) is 40.5 Å². The molecule has 1 atom stereocenters. The van der Waals surface area contributed by atoms with E-state index in [0.717, 1.165) is 5.56 Å². The Morgan fingerprint density at radius 3 is 1.89 bits per heavy atom. The van der Waals surface area contributed by atoms with E-state index in [0.29, 0.717) is 17.2 Å². The fourth-order valence-corrected chi connectivity index (χ4v) is 1.87. The third-order valence-corrected chi connectivity index (χ3v) is 2.72. The number of ketones is 1. The summed E-state index contributed by atoms with van der Waals surface area (Å²) in [5.74, 6) is 1.61. The van der Waals surface area contributed by atoms with Gasteiger partial charge in [-0.1, -0.05) is 0 Å². The minimum Gasteiger partial charge on any atom is -0.493 e. The number of benzene rings is 1. The number of carbonyl (C=O) groups is 1. The predicted octanol–water partition coefficient (Wildman–Crippen LogP) is 1.56. The number of hydrogen-bond acceptors (Lipinski definition) is 5. The first kappa shape index (κ1) is 14.3. The molecule has 0 aliphatic rings. The molecule has 0 saturated carbocycles. The summed E-state index contributed by atoms with van der Waals surface area (Å²) in [7, 11) is 6.36. The first-order valence-electron chi connectivity index (χ1n) is 5.56. The molecule has 1 aromatic rings. The minimum absolute atomic E-state index is 0.0202. The fourth-order valence-electron chi connectivity index (χ4n) is 1.87. The van der Waals surface area contributed by atoms with Crippen molar-refractivity contribution in [3.05, 3.63) is 17.7 Å². The second-order valence-corrected chi connectivity index (χ2v) is 3.79. The van der Waals surface area contributed by atoms with Gasteiger partial charge in [-0.2, -0.15) is 0 Å². The summed E-state index contributed by atoms with van der Waals surface area (Å²) in [6.07, 6.45) is 0. The Morgan fingerprint density at radius 2 is 1.61 bits per heavy atom. The predicted molar refractivity (Wildman–Crippen MR) is 68.6 cm³/mol. The molecule has 0 heterocycles. The van der Waals surface area contributed by atoms with Crippen LogP contribution in [0.5, 0.6) is 17.2 Å². The third kappa shape index (κ3) is 2.73. The highest BCUT2D eigenvalue weighted by Crippen LogP contribution is 2.39. The van der Waals surface area contributed by atoms with E-state index in [1.807, 2.05) is 0 Å². The van der Waals surface area contributed by atoms with Crippen LogP contribution >= 0.6 is 0 Å². The van der Waals surface area contributed by atoms with Gasteiger partial charge in [-0.15, -0.1) is 0 Å². The number of hydrogen-bond donors (Lipinski definition) is 1. The molecule has 5 nitrogen and oxygen atoms in total. The summed E-state index contributed by atoms with van der Waals surface area (Å²) in [6.45, 7) is 1.53. The summed E-state index contributed by atoms with van der Waals surface area (Å²) in [4.78, 5) is 11.6. The summed E-state index contributed by atoms with van der Waals surface area (Å²) in [6, 6.07) is 3.15. The standard InChI is InChI=1S/C13H19NO4/c1-8(15)12(14-2)9-6-10(16-3)13(18-5)11(7-9)17-4/h6-7,12,14H,1-5H3. The number of carbonyl (C=O) groups excluding carboxylic acids is 1. The van der Waals surface area contributed by atoms with E-state index < -0.39 is 6.04 Å². The van der Waals surface area contributed by atoms with Crippen molar-refractivity contribution < 1.29 is 19.0 Å². The highest BCUT2D eigenvalue weighted by Gasteiger charge is 2.20. The maximum Gasteiger partial charge on any atom is 0.203 e. The number of Topliss-reactive ketones (excluding diaryl/α,β-unsaturated/α-hetero) is 1. The summed E-state index contributed by atoms with van der Waals surface area (Å²) in [5, 5.41) is 2.96. The molecular formula is C13H19NO4. The van der Waals surface area contributed by atoms with Crippen molar-refractivity contribution in [2.45, 2.75) is 13.0 Å². The maximum atomic E-state index is 11.6. The normalized spacial score (nSPS) is 11.8. The molecule has 18 heavy (non-hydrogen) atoms. The van der Waals surface area contributed by atoms with Crippen LogP contribution in [-0.4, -0.2) is 34.2 Å². The quantitative estimate of drug-likeness (QED) is 0.833. The lowest BCUT2D eigenvalue weighted by Crippen LogP contribution is -2.23. The number of likely N-dealkylation sites (N-methyl/N-ethyl adjacent to an activating group) is 1. The zero-order chi connectivity index (χ0) is 13.7. The maximum absolute atomic E-state index is 11.6. The molecule has 0 bridgehead atoms. The molecule has 0 aromatic heterocycles. The second kappa shape index (κ2) is 6.26. The van der Waals surface area contributed by atoms with Gasteiger partial charge in [0.2, 0.25) is 5.75 Å². The Balaban J connectivity index is 3.34.